The van der Waals surface area contributed by atoms with Crippen LogP contribution >= 0.6 is 11.6 Å². The van der Waals surface area contributed by atoms with Gasteiger partial charge in [-0.05, 0) is 43.3 Å². The van der Waals surface area contributed by atoms with E-state index in [1.165, 1.54) is 0 Å². The average Bonchev–Trinajstić information content (AvgIpc) is 2.75. The average molecular weight is 402 g/mol. The topological polar surface area (TPSA) is 40.4 Å². The molecule has 1 heterocycles. The standard InChI is InChI=1S/C24H18ClN2O2/c1-2-26-21-11-7-6-10-19(21)23(28)27(24(26)29)22-15-14-18(16-20(22)25)13-12-17-8-4-3-5-9-17/h3-11,14-16,19H,2H2,1H3/q+1. The SMILES string of the molecule is CC[N+]1=C2C=CC=CC2C(=O)N(c2ccc(C#Cc3ccccc3)cc2Cl)C1=O. The largest absolute Gasteiger partial charge is 0.506 e. The molecule has 0 N–H and O–H groups in total. The zero-order chi connectivity index (χ0) is 20.4. The van der Waals surface area contributed by atoms with Crippen LogP contribution in [0.2, 0.25) is 5.02 Å². The first-order chi connectivity index (χ1) is 14.1. The molecular formula is C24H18ClN2O2+. The van der Waals surface area contributed by atoms with Crippen molar-refractivity contribution in [2.75, 3.05) is 11.4 Å². The molecule has 2 aromatic carbocycles. The Hall–Kier alpha value is -3.42. The number of hydrogen-bond acceptors (Lipinski definition) is 2. The van der Waals surface area contributed by atoms with Crippen LogP contribution in [0.25, 0.3) is 0 Å². The Morgan fingerprint density at radius 2 is 1.79 bits per heavy atom. The molecule has 1 atom stereocenters. The first kappa shape index (κ1) is 18.9. The molecule has 0 saturated carbocycles. The number of benzene rings is 2. The van der Waals surface area contributed by atoms with E-state index in [0.717, 1.165) is 10.5 Å². The summed E-state index contributed by atoms with van der Waals surface area (Å²) in [5, 5.41) is 0.307. The van der Waals surface area contributed by atoms with Gasteiger partial charge >= 0.3 is 11.9 Å². The van der Waals surface area contributed by atoms with Gasteiger partial charge in [0.1, 0.15) is 11.6 Å². The minimum atomic E-state index is -0.494. The van der Waals surface area contributed by atoms with Crippen molar-refractivity contribution < 1.29 is 14.2 Å². The minimum Gasteiger partial charge on any atom is -0.245 e. The van der Waals surface area contributed by atoms with E-state index in [-0.39, 0.29) is 5.91 Å². The van der Waals surface area contributed by atoms with Gasteiger partial charge in [0.15, 0.2) is 5.69 Å². The van der Waals surface area contributed by atoms with Gasteiger partial charge in [0, 0.05) is 11.1 Å². The minimum absolute atomic E-state index is 0.305. The molecule has 0 bridgehead atoms. The Kier molecular flexibility index (Phi) is 5.16. The lowest BCUT2D eigenvalue weighted by atomic mass is 9.94. The number of fused-ring (bicyclic) bond motifs is 1. The van der Waals surface area contributed by atoms with Crippen molar-refractivity contribution in [1.82, 2.24) is 0 Å². The van der Waals surface area contributed by atoms with Gasteiger partial charge in [-0.1, -0.05) is 59.9 Å². The van der Waals surface area contributed by atoms with Crippen LogP contribution in [-0.4, -0.2) is 28.8 Å². The normalized spacial score (nSPS) is 17.9. The van der Waals surface area contributed by atoms with E-state index in [2.05, 4.69) is 11.8 Å². The predicted molar refractivity (Wildman–Crippen MR) is 114 cm³/mol. The van der Waals surface area contributed by atoms with E-state index in [1.807, 2.05) is 55.5 Å². The fraction of sp³-hybridized carbons (Fsp3) is 0.125. The highest BCUT2D eigenvalue weighted by atomic mass is 35.5. The Labute approximate surface area is 174 Å². The number of carbonyl (C=O) groups excluding carboxylic acids is 2. The number of amides is 3. The second-order valence-electron chi connectivity index (χ2n) is 6.63. The van der Waals surface area contributed by atoms with Crippen molar-refractivity contribution in [3.8, 4) is 11.8 Å². The number of hydrogen-bond donors (Lipinski definition) is 0. The molecule has 0 spiro atoms. The Balaban J connectivity index is 1.70. The van der Waals surface area contributed by atoms with Crippen molar-refractivity contribution in [1.29, 1.82) is 0 Å². The number of nitrogens with zero attached hydrogens (tertiary/aromatic N) is 2. The third-order valence-corrected chi connectivity index (χ3v) is 5.15. The first-order valence-corrected chi connectivity index (χ1v) is 9.71. The molecule has 0 aromatic heterocycles. The molecule has 0 saturated heterocycles. The van der Waals surface area contributed by atoms with Crippen LogP contribution in [-0.2, 0) is 4.79 Å². The molecule has 0 fully saturated rings. The van der Waals surface area contributed by atoms with Crippen molar-refractivity contribution in [3.05, 3.63) is 89.0 Å². The molecule has 1 unspecified atom stereocenters. The van der Waals surface area contributed by atoms with Crippen LogP contribution < -0.4 is 4.90 Å². The van der Waals surface area contributed by atoms with Crippen molar-refractivity contribution >= 4 is 34.9 Å². The fourth-order valence-electron chi connectivity index (χ4n) is 3.43. The van der Waals surface area contributed by atoms with Crippen LogP contribution in [0, 0.1) is 17.8 Å². The lowest BCUT2D eigenvalue weighted by molar-refractivity contribution is -0.424. The van der Waals surface area contributed by atoms with E-state index in [9.17, 15) is 9.59 Å². The fourth-order valence-corrected chi connectivity index (χ4v) is 3.70. The Bertz CT molecular complexity index is 1150. The predicted octanol–water partition coefficient (Wildman–Crippen LogP) is 4.42. The summed E-state index contributed by atoms with van der Waals surface area (Å²) >= 11 is 6.47. The van der Waals surface area contributed by atoms with Gasteiger partial charge in [-0.15, -0.1) is 4.90 Å². The summed E-state index contributed by atoms with van der Waals surface area (Å²) in [6, 6.07) is 14.4. The molecule has 3 amide bonds. The molecule has 2 aromatic rings. The molecule has 1 aliphatic heterocycles. The van der Waals surface area contributed by atoms with Crippen LogP contribution in [0.1, 0.15) is 18.1 Å². The number of imide groups is 1. The Morgan fingerprint density at radius 1 is 1.03 bits per heavy atom. The van der Waals surface area contributed by atoms with Gasteiger partial charge in [0.2, 0.25) is 0 Å². The molecule has 4 nitrogen and oxygen atoms in total. The molecule has 0 radical (unpaired) electrons. The number of rotatable bonds is 2. The number of anilines is 1. The van der Waals surface area contributed by atoms with Crippen molar-refractivity contribution in [2.24, 2.45) is 5.92 Å². The number of allylic oxidation sites excluding steroid dienone is 3. The number of halogens is 1. The molecule has 29 heavy (non-hydrogen) atoms. The third-order valence-electron chi connectivity index (χ3n) is 4.85. The summed E-state index contributed by atoms with van der Waals surface area (Å²) in [4.78, 5) is 27.3. The quantitative estimate of drug-likeness (QED) is 0.552. The maximum atomic E-state index is 13.1. The summed E-state index contributed by atoms with van der Waals surface area (Å²) in [5.74, 6) is 5.34. The van der Waals surface area contributed by atoms with Crippen LogP contribution in [0.4, 0.5) is 10.5 Å². The highest BCUT2D eigenvalue weighted by Gasteiger charge is 2.48. The van der Waals surface area contributed by atoms with Crippen LogP contribution in [0.3, 0.4) is 0 Å². The van der Waals surface area contributed by atoms with Gasteiger partial charge in [0.05, 0.1) is 11.6 Å². The first-order valence-electron chi connectivity index (χ1n) is 9.34. The van der Waals surface area contributed by atoms with Gasteiger partial charge in [-0.2, -0.15) is 9.37 Å². The van der Waals surface area contributed by atoms with E-state index in [1.54, 1.807) is 28.9 Å². The molecule has 2 aliphatic rings. The van der Waals surface area contributed by atoms with E-state index in [4.69, 9.17) is 11.6 Å². The van der Waals surface area contributed by atoms with Gasteiger partial charge < -0.3 is 0 Å². The summed E-state index contributed by atoms with van der Waals surface area (Å²) in [7, 11) is 0. The molecule has 5 heteroatoms. The van der Waals surface area contributed by atoms with E-state index in [0.29, 0.717) is 28.5 Å². The lowest BCUT2D eigenvalue weighted by Crippen LogP contribution is -2.54. The zero-order valence-corrected chi connectivity index (χ0v) is 16.6. The number of carbonyl (C=O) groups is 2. The van der Waals surface area contributed by atoms with E-state index >= 15 is 0 Å². The second-order valence-corrected chi connectivity index (χ2v) is 7.04. The second kappa shape index (κ2) is 7.90. The monoisotopic (exact) mass is 401 g/mol. The summed E-state index contributed by atoms with van der Waals surface area (Å²) in [5.41, 5.74) is 2.67. The maximum absolute atomic E-state index is 13.1. The smallest absolute Gasteiger partial charge is 0.245 e. The van der Waals surface area contributed by atoms with Gasteiger partial charge in [0.25, 0.3) is 0 Å². The van der Waals surface area contributed by atoms with Crippen molar-refractivity contribution in [2.45, 2.75) is 6.92 Å². The Morgan fingerprint density at radius 3 is 2.52 bits per heavy atom. The lowest BCUT2D eigenvalue weighted by Gasteiger charge is -2.26. The molecular weight excluding hydrogens is 384 g/mol. The summed E-state index contributed by atoms with van der Waals surface area (Å²) in [6.07, 6.45) is 7.26. The summed E-state index contributed by atoms with van der Waals surface area (Å²) in [6.45, 7) is 2.34. The van der Waals surface area contributed by atoms with Gasteiger partial charge in [-0.3, -0.25) is 0 Å². The van der Waals surface area contributed by atoms with Crippen molar-refractivity contribution in [3.63, 3.8) is 0 Å². The van der Waals surface area contributed by atoms with Gasteiger partial charge in [-0.25, -0.2) is 4.79 Å². The van der Waals surface area contributed by atoms with Crippen LogP contribution in [0.5, 0.6) is 0 Å². The maximum Gasteiger partial charge on any atom is 0.506 e. The summed E-state index contributed by atoms with van der Waals surface area (Å²) < 4.78 is 1.60. The molecule has 1 aliphatic carbocycles. The number of urea groups is 1. The third kappa shape index (κ3) is 3.53. The molecule has 4 rings (SSSR count). The molecule has 142 valence electrons. The highest BCUT2D eigenvalue weighted by molar-refractivity contribution is 6.36. The zero-order valence-electron chi connectivity index (χ0n) is 15.8. The highest BCUT2D eigenvalue weighted by Crippen LogP contribution is 2.31. The van der Waals surface area contributed by atoms with Crippen LogP contribution in [0.15, 0.2) is 72.8 Å². The van der Waals surface area contributed by atoms with E-state index < -0.39 is 11.9 Å².